The lowest BCUT2D eigenvalue weighted by Crippen LogP contribution is -2.44. The highest BCUT2D eigenvalue weighted by atomic mass is 19.1. The van der Waals surface area contributed by atoms with E-state index in [0.29, 0.717) is 25.2 Å². The number of amides is 2. The predicted molar refractivity (Wildman–Crippen MR) is 102 cm³/mol. The second kappa shape index (κ2) is 7.23. The first-order valence-electron chi connectivity index (χ1n) is 9.04. The number of H-pyrrole nitrogens is 1. The SMILES string of the molecule is O=C(Nc1ccccc1F)[C@@H]1CCCN(C(=O)c2cc3ccccc3[nH]2)C1. The van der Waals surface area contributed by atoms with Crippen LogP contribution in [0.1, 0.15) is 23.3 Å². The number of benzene rings is 2. The first kappa shape index (κ1) is 17.3. The average molecular weight is 365 g/mol. The molecule has 138 valence electrons. The van der Waals surface area contributed by atoms with Gasteiger partial charge in [0.15, 0.2) is 0 Å². The summed E-state index contributed by atoms with van der Waals surface area (Å²) in [4.78, 5) is 30.2. The number of carbonyl (C=O) groups is 2. The molecule has 0 radical (unpaired) electrons. The summed E-state index contributed by atoms with van der Waals surface area (Å²) in [6.45, 7) is 0.937. The van der Waals surface area contributed by atoms with Crippen molar-refractivity contribution < 1.29 is 14.0 Å². The van der Waals surface area contributed by atoms with Crippen LogP contribution in [-0.4, -0.2) is 34.8 Å². The minimum atomic E-state index is -0.465. The number of aromatic amines is 1. The Morgan fingerprint density at radius 1 is 1.11 bits per heavy atom. The van der Waals surface area contributed by atoms with Crippen LogP contribution in [0.5, 0.6) is 0 Å². The number of aromatic nitrogens is 1. The molecule has 0 aliphatic carbocycles. The number of carbonyl (C=O) groups excluding carboxylic acids is 2. The highest BCUT2D eigenvalue weighted by molar-refractivity contribution is 5.99. The Kier molecular flexibility index (Phi) is 4.62. The third kappa shape index (κ3) is 3.56. The van der Waals surface area contributed by atoms with Crippen molar-refractivity contribution in [3.05, 3.63) is 66.1 Å². The molecule has 1 fully saturated rings. The van der Waals surface area contributed by atoms with Gasteiger partial charge >= 0.3 is 0 Å². The molecule has 0 bridgehead atoms. The van der Waals surface area contributed by atoms with Crippen molar-refractivity contribution >= 4 is 28.4 Å². The average Bonchev–Trinajstić information content (AvgIpc) is 3.13. The number of halogens is 1. The second-order valence-electron chi connectivity index (χ2n) is 6.83. The van der Waals surface area contributed by atoms with Gasteiger partial charge in [-0.2, -0.15) is 0 Å². The number of hydrogen-bond donors (Lipinski definition) is 2. The van der Waals surface area contributed by atoms with Gasteiger partial charge < -0.3 is 15.2 Å². The lowest BCUT2D eigenvalue weighted by molar-refractivity contribution is -0.121. The summed E-state index contributed by atoms with van der Waals surface area (Å²) < 4.78 is 13.8. The molecule has 2 amide bonds. The first-order chi connectivity index (χ1) is 13.1. The molecule has 27 heavy (non-hydrogen) atoms. The minimum absolute atomic E-state index is 0.116. The zero-order chi connectivity index (χ0) is 18.8. The summed E-state index contributed by atoms with van der Waals surface area (Å²) in [5.74, 6) is -1.19. The molecule has 5 nitrogen and oxygen atoms in total. The van der Waals surface area contributed by atoms with Crippen molar-refractivity contribution in [3.8, 4) is 0 Å². The van der Waals surface area contributed by atoms with Crippen molar-refractivity contribution in [2.45, 2.75) is 12.8 Å². The number of likely N-dealkylation sites (tertiary alicyclic amines) is 1. The summed E-state index contributed by atoms with van der Waals surface area (Å²) in [5, 5.41) is 3.62. The van der Waals surface area contributed by atoms with Crippen LogP contribution in [-0.2, 0) is 4.79 Å². The summed E-state index contributed by atoms with van der Waals surface area (Å²) in [6, 6.07) is 15.6. The Bertz CT molecular complexity index is 965. The van der Waals surface area contributed by atoms with Gasteiger partial charge in [0.25, 0.3) is 5.91 Å². The van der Waals surface area contributed by atoms with Crippen molar-refractivity contribution in [2.75, 3.05) is 18.4 Å². The molecule has 1 aliphatic heterocycles. The van der Waals surface area contributed by atoms with Crippen LogP contribution in [0.25, 0.3) is 10.9 Å². The van der Waals surface area contributed by atoms with Crippen LogP contribution in [0.3, 0.4) is 0 Å². The van der Waals surface area contributed by atoms with Crippen LogP contribution < -0.4 is 5.32 Å². The van der Waals surface area contributed by atoms with Gasteiger partial charge in [-0.15, -0.1) is 0 Å². The van der Waals surface area contributed by atoms with Gasteiger partial charge in [-0.3, -0.25) is 9.59 Å². The summed E-state index contributed by atoms with van der Waals surface area (Å²) in [6.07, 6.45) is 1.41. The standard InChI is InChI=1S/C21H20FN3O2/c22-16-8-2-4-10-18(16)24-20(26)15-7-5-11-25(13-15)21(27)19-12-14-6-1-3-9-17(14)23-19/h1-4,6,8-10,12,15,23H,5,7,11,13H2,(H,24,26)/t15-/m1/s1. The lowest BCUT2D eigenvalue weighted by Gasteiger charge is -2.31. The second-order valence-corrected chi connectivity index (χ2v) is 6.83. The number of anilines is 1. The molecule has 0 unspecified atom stereocenters. The van der Waals surface area contributed by atoms with E-state index in [1.165, 1.54) is 12.1 Å². The van der Waals surface area contributed by atoms with Gasteiger partial charge in [0.1, 0.15) is 11.5 Å². The zero-order valence-electron chi connectivity index (χ0n) is 14.7. The maximum atomic E-state index is 13.8. The van der Waals surface area contributed by atoms with E-state index < -0.39 is 5.82 Å². The van der Waals surface area contributed by atoms with E-state index in [4.69, 9.17) is 0 Å². The molecule has 1 aromatic heterocycles. The maximum absolute atomic E-state index is 13.8. The van der Waals surface area contributed by atoms with Gasteiger partial charge in [-0.25, -0.2) is 4.39 Å². The monoisotopic (exact) mass is 365 g/mol. The van der Waals surface area contributed by atoms with Gasteiger partial charge in [-0.05, 0) is 37.1 Å². The molecule has 2 N–H and O–H groups in total. The summed E-state index contributed by atoms with van der Waals surface area (Å²) in [5.41, 5.74) is 1.60. The van der Waals surface area contributed by atoms with Crippen molar-refractivity contribution in [3.63, 3.8) is 0 Å². The molecular formula is C21H20FN3O2. The van der Waals surface area contributed by atoms with Gasteiger partial charge in [0, 0.05) is 24.0 Å². The molecule has 2 heterocycles. The van der Waals surface area contributed by atoms with E-state index in [1.54, 1.807) is 17.0 Å². The summed E-state index contributed by atoms with van der Waals surface area (Å²) >= 11 is 0. The van der Waals surface area contributed by atoms with E-state index >= 15 is 0 Å². The number of nitrogens with zero attached hydrogens (tertiary/aromatic N) is 1. The molecular weight excluding hydrogens is 345 g/mol. The molecule has 0 saturated carbocycles. The first-order valence-corrected chi connectivity index (χ1v) is 9.04. The van der Waals surface area contributed by atoms with E-state index in [2.05, 4.69) is 10.3 Å². The molecule has 2 aromatic carbocycles. The Hall–Kier alpha value is -3.15. The van der Waals surface area contributed by atoms with Crippen molar-refractivity contribution in [1.82, 2.24) is 9.88 Å². The Labute approximate surface area is 156 Å². The van der Waals surface area contributed by atoms with Crippen molar-refractivity contribution in [2.24, 2.45) is 5.92 Å². The minimum Gasteiger partial charge on any atom is -0.351 e. The number of hydrogen-bond acceptors (Lipinski definition) is 2. The van der Waals surface area contributed by atoms with Crippen molar-refractivity contribution in [1.29, 1.82) is 0 Å². The smallest absolute Gasteiger partial charge is 0.270 e. The lowest BCUT2D eigenvalue weighted by atomic mass is 9.96. The quantitative estimate of drug-likeness (QED) is 0.741. The maximum Gasteiger partial charge on any atom is 0.270 e. The number of para-hydroxylation sites is 2. The normalized spacial score (nSPS) is 17.1. The highest BCUT2D eigenvalue weighted by Crippen LogP contribution is 2.23. The number of piperidine rings is 1. The van der Waals surface area contributed by atoms with E-state index in [1.807, 2.05) is 30.3 Å². The fraction of sp³-hybridized carbons (Fsp3) is 0.238. The van der Waals surface area contributed by atoms with E-state index in [-0.39, 0.29) is 23.4 Å². The topological polar surface area (TPSA) is 65.2 Å². The van der Waals surface area contributed by atoms with Crippen LogP contribution in [0.4, 0.5) is 10.1 Å². The third-order valence-corrected chi connectivity index (χ3v) is 4.97. The molecule has 6 heteroatoms. The third-order valence-electron chi connectivity index (χ3n) is 4.97. The van der Waals surface area contributed by atoms with Gasteiger partial charge in [-0.1, -0.05) is 30.3 Å². The van der Waals surface area contributed by atoms with Gasteiger partial charge in [0.2, 0.25) is 5.91 Å². The molecule has 1 aliphatic rings. The van der Waals surface area contributed by atoms with Crippen LogP contribution >= 0.6 is 0 Å². The molecule has 3 aromatic rings. The Morgan fingerprint density at radius 3 is 2.70 bits per heavy atom. The highest BCUT2D eigenvalue weighted by Gasteiger charge is 2.29. The van der Waals surface area contributed by atoms with Crippen LogP contribution in [0, 0.1) is 11.7 Å². The molecule has 4 rings (SSSR count). The number of rotatable bonds is 3. The number of nitrogens with one attached hydrogen (secondary N) is 2. The number of fused-ring (bicyclic) bond motifs is 1. The van der Waals surface area contributed by atoms with Crippen LogP contribution in [0.15, 0.2) is 54.6 Å². The Morgan fingerprint density at radius 2 is 1.89 bits per heavy atom. The fourth-order valence-corrected chi connectivity index (χ4v) is 3.53. The van der Waals surface area contributed by atoms with Crippen LogP contribution in [0.2, 0.25) is 0 Å². The van der Waals surface area contributed by atoms with Gasteiger partial charge in [0.05, 0.1) is 11.6 Å². The fourth-order valence-electron chi connectivity index (χ4n) is 3.53. The molecule has 1 atom stereocenters. The molecule has 1 saturated heterocycles. The summed E-state index contributed by atoms with van der Waals surface area (Å²) in [7, 11) is 0. The largest absolute Gasteiger partial charge is 0.351 e. The molecule has 0 spiro atoms. The zero-order valence-corrected chi connectivity index (χ0v) is 14.7. The van der Waals surface area contributed by atoms with E-state index in [9.17, 15) is 14.0 Å². The Balaban J connectivity index is 1.46. The predicted octanol–water partition coefficient (Wildman–Crippen LogP) is 3.80. The van der Waals surface area contributed by atoms with E-state index in [0.717, 1.165) is 17.3 Å².